The van der Waals surface area contributed by atoms with E-state index in [0.29, 0.717) is 0 Å². The summed E-state index contributed by atoms with van der Waals surface area (Å²) in [6.07, 6.45) is 2.69. The molecule has 0 unspecified atom stereocenters. The minimum atomic E-state index is 0.783. The highest BCUT2D eigenvalue weighted by atomic mass is 35.5. The zero-order valence-electron chi connectivity index (χ0n) is 11.4. The number of halogens is 1. The molecule has 1 aliphatic carbocycles. The fourth-order valence-electron chi connectivity index (χ4n) is 2.37. The summed E-state index contributed by atoms with van der Waals surface area (Å²) in [7, 11) is 0. The molecule has 0 bridgehead atoms. The van der Waals surface area contributed by atoms with Crippen LogP contribution in [-0.4, -0.2) is 24.0 Å². The fourth-order valence-corrected chi connectivity index (χ4v) is 3.30. The van der Waals surface area contributed by atoms with Crippen molar-refractivity contribution in [2.75, 3.05) is 18.4 Å². The molecule has 0 spiro atoms. The Labute approximate surface area is 129 Å². The van der Waals surface area contributed by atoms with Crippen LogP contribution in [0.2, 0.25) is 5.02 Å². The molecule has 1 aromatic heterocycles. The van der Waals surface area contributed by atoms with Crippen LogP contribution in [0.4, 0.5) is 5.69 Å². The Balaban J connectivity index is 1.51. The van der Waals surface area contributed by atoms with Crippen molar-refractivity contribution in [1.82, 2.24) is 4.90 Å². The van der Waals surface area contributed by atoms with Gasteiger partial charge in [-0.05, 0) is 36.4 Å². The van der Waals surface area contributed by atoms with Crippen molar-refractivity contribution in [2.45, 2.75) is 25.4 Å². The maximum atomic E-state index is 6.16. The molecule has 2 nitrogen and oxygen atoms in total. The molecule has 0 radical (unpaired) electrons. The number of benzene rings is 1. The lowest BCUT2D eigenvalue weighted by atomic mass is 10.3. The molecular weight excluding hydrogens is 288 g/mol. The number of thiophene rings is 1. The van der Waals surface area contributed by atoms with Gasteiger partial charge >= 0.3 is 0 Å². The van der Waals surface area contributed by atoms with Crippen LogP contribution >= 0.6 is 22.9 Å². The molecular formula is C16H19ClN2S. The van der Waals surface area contributed by atoms with Crippen molar-refractivity contribution in [2.24, 2.45) is 0 Å². The van der Waals surface area contributed by atoms with Crippen LogP contribution in [0.1, 0.15) is 17.7 Å². The molecule has 1 heterocycles. The molecule has 1 N–H and O–H groups in total. The van der Waals surface area contributed by atoms with E-state index >= 15 is 0 Å². The predicted octanol–water partition coefficient (Wildman–Crippen LogP) is 4.48. The fraction of sp³-hybridized carbons (Fsp3) is 0.375. The van der Waals surface area contributed by atoms with Crippen LogP contribution in [-0.2, 0) is 6.54 Å². The Kier molecular flexibility index (Phi) is 4.61. The van der Waals surface area contributed by atoms with E-state index in [0.717, 1.165) is 36.4 Å². The summed E-state index contributed by atoms with van der Waals surface area (Å²) < 4.78 is 0. The minimum absolute atomic E-state index is 0.783. The van der Waals surface area contributed by atoms with E-state index in [2.05, 4.69) is 27.7 Å². The Hall–Kier alpha value is -1.03. The normalized spacial score (nSPS) is 14.7. The first-order valence-electron chi connectivity index (χ1n) is 7.08. The standard InChI is InChI=1S/C16H19ClN2S/c17-15-5-1-2-6-16(15)18-9-10-19(13-7-8-13)12-14-4-3-11-20-14/h1-6,11,13,18H,7-10,12H2. The van der Waals surface area contributed by atoms with Gasteiger partial charge in [0.15, 0.2) is 0 Å². The smallest absolute Gasteiger partial charge is 0.0637 e. The van der Waals surface area contributed by atoms with Gasteiger partial charge in [-0.25, -0.2) is 0 Å². The van der Waals surface area contributed by atoms with Crippen LogP contribution < -0.4 is 5.32 Å². The number of nitrogens with one attached hydrogen (secondary N) is 1. The van der Waals surface area contributed by atoms with E-state index in [1.54, 1.807) is 0 Å². The van der Waals surface area contributed by atoms with Crippen molar-refractivity contribution >= 4 is 28.6 Å². The second kappa shape index (κ2) is 6.61. The molecule has 1 saturated carbocycles. The third-order valence-corrected chi connectivity index (χ3v) is 4.78. The van der Waals surface area contributed by atoms with Gasteiger partial charge in [0, 0.05) is 30.6 Å². The average molecular weight is 307 g/mol. The Morgan fingerprint density at radius 1 is 1.20 bits per heavy atom. The summed E-state index contributed by atoms with van der Waals surface area (Å²) in [5.41, 5.74) is 1.03. The zero-order chi connectivity index (χ0) is 13.8. The predicted molar refractivity (Wildman–Crippen MR) is 87.7 cm³/mol. The van der Waals surface area contributed by atoms with Crippen molar-refractivity contribution < 1.29 is 0 Å². The van der Waals surface area contributed by atoms with Crippen LogP contribution in [0.15, 0.2) is 41.8 Å². The number of para-hydroxylation sites is 1. The molecule has 0 saturated heterocycles. The van der Waals surface area contributed by atoms with E-state index in [4.69, 9.17) is 11.6 Å². The first-order valence-corrected chi connectivity index (χ1v) is 8.33. The third kappa shape index (κ3) is 3.75. The van der Waals surface area contributed by atoms with Gasteiger partial charge in [-0.2, -0.15) is 0 Å². The summed E-state index contributed by atoms with van der Waals surface area (Å²) in [6.45, 7) is 3.08. The summed E-state index contributed by atoms with van der Waals surface area (Å²) in [5, 5.41) is 6.39. The second-order valence-corrected chi connectivity index (χ2v) is 6.63. The lowest BCUT2D eigenvalue weighted by molar-refractivity contribution is 0.267. The first-order chi connectivity index (χ1) is 9.83. The van der Waals surface area contributed by atoms with E-state index in [1.165, 1.54) is 17.7 Å². The van der Waals surface area contributed by atoms with E-state index in [9.17, 15) is 0 Å². The highest BCUT2D eigenvalue weighted by molar-refractivity contribution is 7.09. The maximum absolute atomic E-state index is 6.16. The SMILES string of the molecule is Clc1ccccc1NCCN(Cc1cccs1)C1CC1. The summed E-state index contributed by atoms with van der Waals surface area (Å²) in [5.74, 6) is 0. The Morgan fingerprint density at radius 2 is 2.05 bits per heavy atom. The number of hydrogen-bond acceptors (Lipinski definition) is 3. The first kappa shape index (κ1) is 13.9. The Bertz CT molecular complexity index is 537. The molecule has 1 aromatic carbocycles. The molecule has 2 aromatic rings. The van der Waals surface area contributed by atoms with Crippen molar-refractivity contribution in [3.8, 4) is 0 Å². The second-order valence-electron chi connectivity index (χ2n) is 5.19. The van der Waals surface area contributed by atoms with E-state index in [-0.39, 0.29) is 0 Å². The van der Waals surface area contributed by atoms with Crippen molar-refractivity contribution in [1.29, 1.82) is 0 Å². The Morgan fingerprint density at radius 3 is 2.75 bits per heavy atom. The molecule has 20 heavy (non-hydrogen) atoms. The van der Waals surface area contributed by atoms with E-state index < -0.39 is 0 Å². The quantitative estimate of drug-likeness (QED) is 0.811. The highest BCUT2D eigenvalue weighted by Crippen LogP contribution is 2.29. The average Bonchev–Trinajstić information content (AvgIpc) is 3.18. The van der Waals surface area contributed by atoms with Crippen LogP contribution in [0.3, 0.4) is 0 Å². The monoisotopic (exact) mass is 306 g/mol. The largest absolute Gasteiger partial charge is 0.383 e. The lowest BCUT2D eigenvalue weighted by Crippen LogP contribution is -2.30. The molecule has 0 amide bonds. The molecule has 4 heteroatoms. The molecule has 1 fully saturated rings. The zero-order valence-corrected chi connectivity index (χ0v) is 13.0. The summed E-state index contributed by atoms with van der Waals surface area (Å²) >= 11 is 8.00. The molecule has 0 atom stereocenters. The third-order valence-electron chi connectivity index (χ3n) is 3.59. The van der Waals surface area contributed by atoms with Crippen molar-refractivity contribution in [3.63, 3.8) is 0 Å². The molecule has 3 rings (SSSR count). The van der Waals surface area contributed by atoms with Gasteiger partial charge in [0.25, 0.3) is 0 Å². The summed E-state index contributed by atoms with van der Waals surface area (Å²) in [4.78, 5) is 4.03. The molecule has 0 aliphatic heterocycles. The van der Waals surface area contributed by atoms with Crippen LogP contribution in [0.5, 0.6) is 0 Å². The topological polar surface area (TPSA) is 15.3 Å². The molecule has 106 valence electrons. The van der Waals surface area contributed by atoms with Gasteiger partial charge < -0.3 is 5.32 Å². The van der Waals surface area contributed by atoms with Gasteiger partial charge in [0.05, 0.1) is 10.7 Å². The number of nitrogens with zero attached hydrogens (tertiary/aromatic N) is 1. The summed E-state index contributed by atoms with van der Waals surface area (Å²) in [6, 6.07) is 13.1. The van der Waals surface area contributed by atoms with E-state index in [1.807, 2.05) is 35.6 Å². The highest BCUT2D eigenvalue weighted by Gasteiger charge is 2.28. The van der Waals surface area contributed by atoms with Gasteiger partial charge in [0.1, 0.15) is 0 Å². The van der Waals surface area contributed by atoms with Crippen LogP contribution in [0.25, 0.3) is 0 Å². The van der Waals surface area contributed by atoms with Crippen molar-refractivity contribution in [3.05, 3.63) is 51.7 Å². The maximum Gasteiger partial charge on any atom is 0.0637 e. The van der Waals surface area contributed by atoms with Gasteiger partial charge in [-0.15, -0.1) is 11.3 Å². The number of anilines is 1. The van der Waals surface area contributed by atoms with Crippen LogP contribution in [0, 0.1) is 0 Å². The van der Waals surface area contributed by atoms with Gasteiger partial charge in [0.2, 0.25) is 0 Å². The number of rotatable bonds is 7. The minimum Gasteiger partial charge on any atom is -0.383 e. The van der Waals surface area contributed by atoms with Gasteiger partial charge in [-0.1, -0.05) is 29.8 Å². The molecule has 1 aliphatic rings. The number of hydrogen-bond donors (Lipinski definition) is 1. The van der Waals surface area contributed by atoms with Gasteiger partial charge in [-0.3, -0.25) is 4.90 Å². The lowest BCUT2D eigenvalue weighted by Gasteiger charge is -2.21.